The largest absolute Gasteiger partial charge is 0.378 e. The van der Waals surface area contributed by atoms with Crippen LogP contribution in [-0.2, 0) is 16.1 Å². The molecule has 1 aromatic rings. The van der Waals surface area contributed by atoms with Gasteiger partial charge in [-0.3, -0.25) is 0 Å². The molecule has 1 unspecified atom stereocenters. The first-order valence-electron chi connectivity index (χ1n) is 7.13. The molecule has 0 spiro atoms. The number of benzene rings is 1. The van der Waals surface area contributed by atoms with Crippen molar-refractivity contribution in [1.29, 1.82) is 0 Å². The van der Waals surface area contributed by atoms with Gasteiger partial charge in [-0.05, 0) is 38.7 Å². The molecule has 1 saturated heterocycles. The lowest BCUT2D eigenvalue weighted by Gasteiger charge is -2.09. The molecule has 0 aliphatic carbocycles. The van der Waals surface area contributed by atoms with Crippen LogP contribution in [0.25, 0.3) is 0 Å². The molecule has 4 nitrogen and oxygen atoms in total. The SMILES string of the molecule is CC(C)(O)O.c1ccc(COCCC2CCCO2)cc1. The molecule has 1 fully saturated rings. The van der Waals surface area contributed by atoms with Gasteiger partial charge >= 0.3 is 0 Å². The third kappa shape index (κ3) is 9.92. The predicted octanol–water partition coefficient (Wildman–Crippen LogP) is 2.48. The average molecular weight is 282 g/mol. The third-order valence-corrected chi connectivity index (χ3v) is 2.72. The molecule has 0 amide bonds. The second-order valence-corrected chi connectivity index (χ2v) is 5.46. The van der Waals surface area contributed by atoms with Gasteiger partial charge in [0.2, 0.25) is 0 Å². The predicted molar refractivity (Wildman–Crippen MR) is 78.2 cm³/mol. The quantitative estimate of drug-likeness (QED) is 0.643. The topological polar surface area (TPSA) is 58.9 Å². The summed E-state index contributed by atoms with van der Waals surface area (Å²) in [5.41, 5.74) is 1.24. The van der Waals surface area contributed by atoms with E-state index in [0.29, 0.717) is 12.7 Å². The summed E-state index contributed by atoms with van der Waals surface area (Å²) in [5.74, 6) is -1.50. The summed E-state index contributed by atoms with van der Waals surface area (Å²) in [6, 6.07) is 10.3. The van der Waals surface area contributed by atoms with Crippen molar-refractivity contribution in [2.45, 2.75) is 51.6 Å². The number of aliphatic hydroxyl groups is 2. The zero-order valence-corrected chi connectivity index (χ0v) is 12.4. The van der Waals surface area contributed by atoms with E-state index >= 15 is 0 Å². The van der Waals surface area contributed by atoms with Crippen molar-refractivity contribution in [2.75, 3.05) is 13.2 Å². The fraction of sp³-hybridized carbons (Fsp3) is 0.625. The minimum atomic E-state index is -1.50. The van der Waals surface area contributed by atoms with Crippen LogP contribution in [0, 0.1) is 0 Å². The number of hydrogen-bond acceptors (Lipinski definition) is 4. The maximum absolute atomic E-state index is 8.08. The third-order valence-electron chi connectivity index (χ3n) is 2.72. The van der Waals surface area contributed by atoms with E-state index in [1.807, 2.05) is 18.2 Å². The molecule has 0 radical (unpaired) electrons. The summed E-state index contributed by atoms with van der Waals surface area (Å²) in [7, 11) is 0. The van der Waals surface area contributed by atoms with E-state index in [-0.39, 0.29) is 0 Å². The Balaban J connectivity index is 0.000000347. The lowest BCUT2D eigenvalue weighted by molar-refractivity contribution is -0.127. The van der Waals surface area contributed by atoms with E-state index in [4.69, 9.17) is 19.7 Å². The molecule has 0 saturated carbocycles. The Morgan fingerprint density at radius 1 is 1.25 bits per heavy atom. The van der Waals surface area contributed by atoms with E-state index in [2.05, 4.69) is 12.1 Å². The summed E-state index contributed by atoms with van der Waals surface area (Å²) >= 11 is 0. The standard InChI is InChI=1S/C13H18O2.C3H8O2/c1-2-5-12(6-3-1)11-14-10-8-13-7-4-9-15-13;1-3(2,4)5/h1-3,5-6,13H,4,7-11H2;4-5H,1-2H3. The van der Waals surface area contributed by atoms with Gasteiger partial charge in [0, 0.05) is 13.2 Å². The van der Waals surface area contributed by atoms with Crippen LogP contribution in [0.4, 0.5) is 0 Å². The van der Waals surface area contributed by atoms with Crippen LogP contribution in [0.5, 0.6) is 0 Å². The second kappa shape index (κ2) is 9.08. The van der Waals surface area contributed by atoms with Crippen LogP contribution < -0.4 is 0 Å². The fourth-order valence-electron chi connectivity index (χ4n) is 1.85. The molecule has 2 rings (SSSR count). The first-order chi connectivity index (χ1) is 9.45. The molecule has 0 aromatic heterocycles. The highest BCUT2D eigenvalue weighted by molar-refractivity contribution is 5.13. The Morgan fingerprint density at radius 3 is 2.45 bits per heavy atom. The Hall–Kier alpha value is -0.940. The van der Waals surface area contributed by atoms with E-state index in [1.54, 1.807) is 0 Å². The molecule has 1 heterocycles. The van der Waals surface area contributed by atoms with Gasteiger partial charge in [-0.1, -0.05) is 30.3 Å². The van der Waals surface area contributed by atoms with Crippen molar-refractivity contribution in [1.82, 2.24) is 0 Å². The van der Waals surface area contributed by atoms with Crippen molar-refractivity contribution in [3.05, 3.63) is 35.9 Å². The molecule has 114 valence electrons. The zero-order chi connectivity index (χ0) is 14.8. The van der Waals surface area contributed by atoms with E-state index in [9.17, 15) is 0 Å². The van der Waals surface area contributed by atoms with E-state index in [1.165, 1.54) is 32.3 Å². The smallest absolute Gasteiger partial charge is 0.156 e. The van der Waals surface area contributed by atoms with Crippen LogP contribution in [0.3, 0.4) is 0 Å². The fourth-order valence-corrected chi connectivity index (χ4v) is 1.85. The highest BCUT2D eigenvalue weighted by Gasteiger charge is 2.14. The molecule has 4 heteroatoms. The molecule has 1 aliphatic heterocycles. The van der Waals surface area contributed by atoms with Crippen molar-refractivity contribution >= 4 is 0 Å². The Labute approximate surface area is 121 Å². The van der Waals surface area contributed by atoms with Crippen molar-refractivity contribution in [3.8, 4) is 0 Å². The van der Waals surface area contributed by atoms with Gasteiger partial charge in [-0.25, -0.2) is 0 Å². The van der Waals surface area contributed by atoms with Crippen LogP contribution in [-0.4, -0.2) is 35.3 Å². The van der Waals surface area contributed by atoms with Crippen LogP contribution >= 0.6 is 0 Å². The second-order valence-electron chi connectivity index (χ2n) is 5.46. The van der Waals surface area contributed by atoms with Gasteiger partial charge in [0.1, 0.15) is 0 Å². The first-order valence-corrected chi connectivity index (χ1v) is 7.13. The Morgan fingerprint density at radius 2 is 1.90 bits per heavy atom. The normalized spacial score (nSPS) is 18.5. The zero-order valence-electron chi connectivity index (χ0n) is 12.4. The van der Waals surface area contributed by atoms with Gasteiger partial charge in [0.25, 0.3) is 0 Å². The van der Waals surface area contributed by atoms with E-state index in [0.717, 1.165) is 19.6 Å². The molecule has 1 aromatic carbocycles. The van der Waals surface area contributed by atoms with Gasteiger partial charge in [-0.15, -0.1) is 0 Å². The highest BCUT2D eigenvalue weighted by atomic mass is 16.5. The van der Waals surface area contributed by atoms with Gasteiger partial charge in [-0.2, -0.15) is 0 Å². The summed E-state index contributed by atoms with van der Waals surface area (Å²) in [5, 5.41) is 16.2. The molecule has 2 N–H and O–H groups in total. The van der Waals surface area contributed by atoms with Crippen LogP contribution in [0.1, 0.15) is 38.7 Å². The summed E-state index contributed by atoms with van der Waals surface area (Å²) in [4.78, 5) is 0. The molecular weight excluding hydrogens is 256 g/mol. The van der Waals surface area contributed by atoms with E-state index < -0.39 is 5.79 Å². The summed E-state index contributed by atoms with van der Waals surface area (Å²) in [6.45, 7) is 5.05. The number of rotatable bonds is 5. The maximum atomic E-state index is 8.08. The minimum absolute atomic E-state index is 0.445. The molecule has 1 aliphatic rings. The lowest BCUT2D eigenvalue weighted by Crippen LogP contribution is -2.15. The number of hydrogen-bond donors (Lipinski definition) is 2. The van der Waals surface area contributed by atoms with Crippen molar-refractivity contribution in [2.24, 2.45) is 0 Å². The monoisotopic (exact) mass is 282 g/mol. The van der Waals surface area contributed by atoms with Gasteiger partial charge in [0.05, 0.1) is 12.7 Å². The van der Waals surface area contributed by atoms with Gasteiger partial charge < -0.3 is 19.7 Å². The van der Waals surface area contributed by atoms with Crippen LogP contribution in [0.15, 0.2) is 30.3 Å². The van der Waals surface area contributed by atoms with Crippen molar-refractivity contribution in [3.63, 3.8) is 0 Å². The highest BCUT2D eigenvalue weighted by Crippen LogP contribution is 2.15. The van der Waals surface area contributed by atoms with Crippen molar-refractivity contribution < 1.29 is 19.7 Å². The van der Waals surface area contributed by atoms with Gasteiger partial charge in [0.15, 0.2) is 5.79 Å². The summed E-state index contributed by atoms with van der Waals surface area (Å²) in [6.07, 6.45) is 3.89. The Kier molecular flexibility index (Phi) is 7.77. The first kappa shape index (κ1) is 17.1. The molecule has 1 atom stereocenters. The number of ether oxygens (including phenoxy) is 2. The molecule has 20 heavy (non-hydrogen) atoms. The van der Waals surface area contributed by atoms with Crippen LogP contribution in [0.2, 0.25) is 0 Å². The maximum Gasteiger partial charge on any atom is 0.156 e. The minimum Gasteiger partial charge on any atom is -0.378 e. The summed E-state index contributed by atoms with van der Waals surface area (Å²) < 4.78 is 11.1. The average Bonchev–Trinajstić information content (AvgIpc) is 2.87. The molecule has 0 bridgehead atoms. The Bertz CT molecular complexity index is 333. The molecular formula is C16H26O4. The lowest BCUT2D eigenvalue weighted by atomic mass is 10.2.